The summed E-state index contributed by atoms with van der Waals surface area (Å²) in [5.41, 5.74) is 2.94. The molecule has 0 aliphatic carbocycles. The SMILES string of the molecule is CC(C)[C@H](NC(=O)[C@H](C)NC(=O)OCc1ccccc1)[C@@H]1C(=O)N(Cc2ccccc2)[C@H]1c1ccccc1. The molecule has 198 valence electrons. The second-order valence-corrected chi connectivity index (χ2v) is 10.0. The maximum atomic E-state index is 13.5. The Labute approximate surface area is 224 Å². The first-order chi connectivity index (χ1) is 18.3. The molecule has 1 heterocycles. The van der Waals surface area contributed by atoms with Gasteiger partial charge in [-0.3, -0.25) is 9.59 Å². The minimum atomic E-state index is -0.828. The fraction of sp³-hybridized carbons (Fsp3) is 0.323. The summed E-state index contributed by atoms with van der Waals surface area (Å²) in [5.74, 6) is -0.774. The van der Waals surface area contributed by atoms with Gasteiger partial charge in [0.05, 0.1) is 12.0 Å². The van der Waals surface area contributed by atoms with Crippen LogP contribution < -0.4 is 10.6 Å². The maximum Gasteiger partial charge on any atom is 0.408 e. The van der Waals surface area contributed by atoms with Crippen LogP contribution in [-0.2, 0) is 27.5 Å². The Balaban J connectivity index is 1.43. The summed E-state index contributed by atoms with van der Waals surface area (Å²) >= 11 is 0. The van der Waals surface area contributed by atoms with Gasteiger partial charge in [-0.2, -0.15) is 0 Å². The van der Waals surface area contributed by atoms with Gasteiger partial charge in [0, 0.05) is 12.6 Å². The second-order valence-electron chi connectivity index (χ2n) is 10.0. The molecule has 7 heteroatoms. The number of ether oxygens (including phenoxy) is 1. The summed E-state index contributed by atoms with van der Waals surface area (Å²) in [6.45, 7) is 6.20. The average molecular weight is 514 g/mol. The Morgan fingerprint density at radius 3 is 1.95 bits per heavy atom. The third-order valence-electron chi connectivity index (χ3n) is 6.94. The van der Waals surface area contributed by atoms with E-state index in [4.69, 9.17) is 4.74 Å². The lowest BCUT2D eigenvalue weighted by atomic mass is 9.74. The van der Waals surface area contributed by atoms with Gasteiger partial charge in [-0.1, -0.05) is 105 Å². The lowest BCUT2D eigenvalue weighted by Crippen LogP contribution is -2.64. The molecule has 0 bridgehead atoms. The summed E-state index contributed by atoms with van der Waals surface area (Å²) < 4.78 is 5.25. The van der Waals surface area contributed by atoms with Gasteiger partial charge >= 0.3 is 6.09 Å². The number of nitrogens with one attached hydrogen (secondary N) is 2. The normalized spacial score (nSPS) is 18.3. The van der Waals surface area contributed by atoms with Crippen LogP contribution in [0.15, 0.2) is 91.0 Å². The monoisotopic (exact) mass is 513 g/mol. The second kappa shape index (κ2) is 12.4. The number of hydrogen-bond donors (Lipinski definition) is 2. The largest absolute Gasteiger partial charge is 0.445 e. The Bertz CT molecular complexity index is 1220. The summed E-state index contributed by atoms with van der Waals surface area (Å²) in [7, 11) is 0. The first-order valence-corrected chi connectivity index (χ1v) is 13.0. The van der Waals surface area contributed by atoms with Crippen LogP contribution in [-0.4, -0.2) is 34.9 Å². The smallest absolute Gasteiger partial charge is 0.408 e. The van der Waals surface area contributed by atoms with Crippen molar-refractivity contribution in [1.29, 1.82) is 0 Å². The molecule has 1 aliphatic heterocycles. The van der Waals surface area contributed by atoms with Crippen LogP contribution in [0.1, 0.15) is 43.5 Å². The highest BCUT2D eigenvalue weighted by Crippen LogP contribution is 2.44. The van der Waals surface area contributed by atoms with Crippen molar-refractivity contribution in [3.8, 4) is 0 Å². The molecular formula is C31H35N3O4. The molecule has 7 nitrogen and oxygen atoms in total. The number of benzene rings is 3. The Morgan fingerprint density at radius 2 is 1.37 bits per heavy atom. The van der Waals surface area contributed by atoms with Crippen LogP contribution in [0, 0.1) is 11.8 Å². The summed E-state index contributed by atoms with van der Waals surface area (Å²) in [6.07, 6.45) is -0.673. The molecule has 3 aromatic rings. The van der Waals surface area contributed by atoms with E-state index in [-0.39, 0.29) is 30.4 Å². The van der Waals surface area contributed by atoms with Crippen molar-refractivity contribution < 1.29 is 19.1 Å². The number of alkyl carbamates (subject to hydrolysis) is 1. The molecule has 0 radical (unpaired) electrons. The van der Waals surface area contributed by atoms with Crippen LogP contribution in [0.3, 0.4) is 0 Å². The van der Waals surface area contributed by atoms with E-state index in [0.29, 0.717) is 6.54 Å². The zero-order chi connectivity index (χ0) is 27.1. The minimum absolute atomic E-state index is 0.00425. The molecule has 3 aromatic carbocycles. The van der Waals surface area contributed by atoms with Gasteiger partial charge in [0.25, 0.3) is 0 Å². The number of nitrogens with zero attached hydrogens (tertiary/aromatic N) is 1. The molecule has 38 heavy (non-hydrogen) atoms. The maximum absolute atomic E-state index is 13.5. The van der Waals surface area contributed by atoms with Crippen LogP contribution in [0.5, 0.6) is 0 Å². The van der Waals surface area contributed by atoms with Crippen molar-refractivity contribution in [3.05, 3.63) is 108 Å². The van der Waals surface area contributed by atoms with Gasteiger partial charge in [-0.25, -0.2) is 4.79 Å². The molecular weight excluding hydrogens is 478 g/mol. The number of β-lactam (4-membered cyclic amide) rings is 1. The standard InChI is InChI=1S/C31H35N3O4/c1-21(2)27(33-29(35)22(3)32-31(37)38-20-24-15-9-5-10-16-24)26-28(25-17-11-6-12-18-25)34(30(26)36)19-23-13-7-4-8-14-23/h4-18,21-22,26-28H,19-20H2,1-3H3,(H,32,37)(H,33,35)/t22-,26-,27-,28-/m0/s1. The van der Waals surface area contributed by atoms with Gasteiger partial charge in [-0.05, 0) is 29.5 Å². The Kier molecular flexibility index (Phi) is 8.79. The van der Waals surface area contributed by atoms with Crippen LogP contribution in [0.25, 0.3) is 0 Å². The number of likely N-dealkylation sites (tertiary alicyclic amines) is 1. The van der Waals surface area contributed by atoms with E-state index in [1.165, 1.54) is 0 Å². The van der Waals surface area contributed by atoms with Crippen molar-refractivity contribution >= 4 is 17.9 Å². The zero-order valence-electron chi connectivity index (χ0n) is 22.0. The number of carbonyl (C=O) groups is 3. The van der Waals surface area contributed by atoms with Crippen molar-refractivity contribution in [1.82, 2.24) is 15.5 Å². The van der Waals surface area contributed by atoms with Crippen molar-refractivity contribution in [2.45, 2.75) is 52.0 Å². The highest BCUT2D eigenvalue weighted by atomic mass is 16.5. The fourth-order valence-electron chi connectivity index (χ4n) is 4.89. The molecule has 0 saturated carbocycles. The highest BCUT2D eigenvalue weighted by molar-refractivity contribution is 5.90. The lowest BCUT2D eigenvalue weighted by Gasteiger charge is -2.51. The van der Waals surface area contributed by atoms with E-state index in [0.717, 1.165) is 16.7 Å². The first kappa shape index (κ1) is 26.9. The number of carbonyl (C=O) groups excluding carboxylic acids is 3. The van der Waals surface area contributed by atoms with Gasteiger partial charge < -0.3 is 20.3 Å². The van der Waals surface area contributed by atoms with Gasteiger partial charge in [0.2, 0.25) is 11.8 Å². The molecule has 0 unspecified atom stereocenters. The van der Waals surface area contributed by atoms with Crippen LogP contribution in [0.2, 0.25) is 0 Å². The third-order valence-corrected chi connectivity index (χ3v) is 6.94. The van der Waals surface area contributed by atoms with Crippen LogP contribution in [0.4, 0.5) is 4.79 Å². The summed E-state index contributed by atoms with van der Waals surface area (Å²) in [6, 6.07) is 27.7. The van der Waals surface area contributed by atoms with E-state index in [1.54, 1.807) is 6.92 Å². The third kappa shape index (κ3) is 6.40. The van der Waals surface area contributed by atoms with Crippen molar-refractivity contribution in [3.63, 3.8) is 0 Å². The molecule has 0 aromatic heterocycles. The molecule has 1 fully saturated rings. The Hall–Kier alpha value is -4.13. The topological polar surface area (TPSA) is 87.7 Å². The molecule has 1 aliphatic rings. The van der Waals surface area contributed by atoms with Gasteiger partial charge in [0.15, 0.2) is 0 Å². The van der Waals surface area contributed by atoms with E-state index >= 15 is 0 Å². The molecule has 0 spiro atoms. The summed E-state index contributed by atoms with van der Waals surface area (Å²) in [4.78, 5) is 40.8. The van der Waals surface area contributed by atoms with Gasteiger partial charge in [0.1, 0.15) is 12.6 Å². The quantitative estimate of drug-likeness (QED) is 0.380. The number of rotatable bonds is 10. The fourth-order valence-corrected chi connectivity index (χ4v) is 4.89. The number of hydrogen-bond acceptors (Lipinski definition) is 4. The van der Waals surface area contributed by atoms with Crippen LogP contribution >= 0.6 is 0 Å². The predicted octanol–water partition coefficient (Wildman–Crippen LogP) is 4.84. The average Bonchev–Trinajstić information content (AvgIpc) is 2.93. The summed E-state index contributed by atoms with van der Waals surface area (Å²) in [5, 5.41) is 5.65. The van der Waals surface area contributed by atoms with Crippen molar-refractivity contribution in [2.75, 3.05) is 0 Å². The first-order valence-electron chi connectivity index (χ1n) is 13.0. The minimum Gasteiger partial charge on any atom is -0.445 e. The van der Waals surface area contributed by atoms with E-state index in [2.05, 4.69) is 10.6 Å². The number of amides is 3. The molecule has 4 rings (SSSR count). The highest BCUT2D eigenvalue weighted by Gasteiger charge is 2.52. The van der Waals surface area contributed by atoms with E-state index in [9.17, 15) is 14.4 Å². The van der Waals surface area contributed by atoms with Crippen molar-refractivity contribution in [2.24, 2.45) is 11.8 Å². The molecule has 4 atom stereocenters. The van der Waals surface area contributed by atoms with E-state index < -0.39 is 24.1 Å². The molecule has 3 amide bonds. The predicted molar refractivity (Wildman–Crippen MR) is 146 cm³/mol. The van der Waals surface area contributed by atoms with E-state index in [1.807, 2.05) is 110 Å². The Morgan fingerprint density at radius 1 is 0.816 bits per heavy atom. The van der Waals surface area contributed by atoms with Gasteiger partial charge in [-0.15, -0.1) is 0 Å². The molecule has 1 saturated heterocycles. The zero-order valence-corrected chi connectivity index (χ0v) is 22.0. The lowest BCUT2D eigenvalue weighted by molar-refractivity contribution is -0.162. The molecule has 2 N–H and O–H groups in total.